The topological polar surface area (TPSA) is 84.4 Å². The van der Waals surface area contributed by atoms with Crippen molar-refractivity contribution in [3.8, 4) is 16.8 Å². The van der Waals surface area contributed by atoms with Gasteiger partial charge in [-0.15, -0.1) is 0 Å². The second-order valence-electron chi connectivity index (χ2n) is 9.37. The van der Waals surface area contributed by atoms with E-state index in [0.29, 0.717) is 22.3 Å². The van der Waals surface area contributed by atoms with Gasteiger partial charge in [0.1, 0.15) is 5.69 Å². The molecule has 37 heavy (non-hydrogen) atoms. The lowest BCUT2D eigenvalue weighted by Gasteiger charge is -2.17. The lowest BCUT2D eigenvalue weighted by Crippen LogP contribution is -2.20. The number of aliphatic hydroxyl groups excluding tert-OH is 1. The van der Waals surface area contributed by atoms with Crippen molar-refractivity contribution < 1.29 is 5.11 Å². The molecule has 5 aromatic rings. The minimum atomic E-state index is -0.278. The molecule has 3 heterocycles. The highest BCUT2D eigenvalue weighted by Gasteiger charge is 2.16. The highest BCUT2D eigenvalue weighted by Crippen LogP contribution is 2.30. The minimum Gasteiger partial charge on any atom is -0.392 e. The fourth-order valence-corrected chi connectivity index (χ4v) is 4.62. The van der Waals surface area contributed by atoms with Crippen LogP contribution in [-0.2, 0) is 20.7 Å². The molecule has 0 saturated heterocycles. The van der Waals surface area contributed by atoms with Crippen molar-refractivity contribution in [1.82, 2.24) is 13.7 Å². The summed E-state index contributed by atoms with van der Waals surface area (Å²) in [7, 11) is 7.53. The molecule has 3 aromatic heterocycles. The second-order valence-corrected chi connectivity index (χ2v) is 9.37. The third-order valence-corrected chi connectivity index (χ3v) is 6.58. The Hall–Kier alpha value is -4.56. The molecule has 0 atom stereocenters. The fraction of sp³-hybridized carbons (Fsp3) is 0.172. The summed E-state index contributed by atoms with van der Waals surface area (Å²) in [5, 5.41) is 15.1. The van der Waals surface area contributed by atoms with Crippen LogP contribution in [-0.4, -0.2) is 32.9 Å². The summed E-state index contributed by atoms with van der Waals surface area (Å²) < 4.78 is 4.98. The first-order valence-electron chi connectivity index (χ1n) is 11.9. The van der Waals surface area contributed by atoms with Crippen molar-refractivity contribution in [1.29, 1.82) is 0 Å². The highest BCUT2D eigenvalue weighted by atomic mass is 16.3. The molecule has 0 amide bonds. The number of nitrogens with zero attached hydrogens (tertiary/aromatic N) is 4. The number of fused-ring (bicyclic) bond motifs is 1. The maximum Gasteiger partial charge on any atom is 0.274 e. The van der Waals surface area contributed by atoms with Gasteiger partial charge in [-0.2, -0.15) is 0 Å². The Morgan fingerprint density at radius 3 is 2.43 bits per heavy atom. The first-order valence-corrected chi connectivity index (χ1v) is 11.9. The average molecular weight is 496 g/mol. The van der Waals surface area contributed by atoms with Crippen molar-refractivity contribution in [2.75, 3.05) is 24.3 Å². The summed E-state index contributed by atoms with van der Waals surface area (Å²) >= 11 is 0. The van der Waals surface area contributed by atoms with E-state index in [0.717, 1.165) is 27.9 Å². The maximum atomic E-state index is 13.5. The summed E-state index contributed by atoms with van der Waals surface area (Å²) in [5.74, 6) is 0. The molecule has 0 aliphatic carbocycles. The zero-order chi connectivity index (χ0) is 26.3. The molecule has 188 valence electrons. The molecule has 8 heteroatoms. The van der Waals surface area contributed by atoms with E-state index in [1.54, 1.807) is 30.1 Å². The summed E-state index contributed by atoms with van der Waals surface area (Å²) in [5.41, 5.74) is 4.56. The summed E-state index contributed by atoms with van der Waals surface area (Å²) in [6, 6.07) is 16.9. The van der Waals surface area contributed by atoms with Crippen LogP contribution in [0.3, 0.4) is 0 Å². The molecule has 0 saturated carbocycles. The quantitative estimate of drug-likeness (QED) is 0.372. The number of rotatable bonds is 6. The van der Waals surface area contributed by atoms with Crippen molar-refractivity contribution >= 4 is 27.8 Å². The van der Waals surface area contributed by atoms with Crippen LogP contribution in [0.15, 0.2) is 89.0 Å². The third kappa shape index (κ3) is 4.43. The molecule has 2 aromatic carbocycles. The number of aromatic nitrogens is 3. The van der Waals surface area contributed by atoms with Gasteiger partial charge in [-0.05, 0) is 53.4 Å². The molecule has 5 rings (SSSR count). The van der Waals surface area contributed by atoms with Gasteiger partial charge in [0.2, 0.25) is 0 Å². The summed E-state index contributed by atoms with van der Waals surface area (Å²) in [4.78, 5) is 28.3. The monoisotopic (exact) mass is 495 g/mol. The predicted octanol–water partition coefficient (Wildman–Crippen LogP) is 4.00. The molecular formula is C29H29N5O3. The van der Waals surface area contributed by atoms with E-state index < -0.39 is 0 Å². The number of nitrogens with one attached hydrogen (secondary N) is 1. The number of anilines is 3. The normalized spacial score (nSPS) is 11.2. The predicted molar refractivity (Wildman–Crippen MR) is 149 cm³/mol. The number of aryl methyl sites for hydroxylation is 2. The Kier molecular flexibility index (Phi) is 6.19. The Morgan fingerprint density at radius 2 is 1.73 bits per heavy atom. The number of hydrogen-bond donors (Lipinski definition) is 2. The minimum absolute atomic E-state index is 0.165. The Bertz CT molecular complexity index is 1740. The van der Waals surface area contributed by atoms with Crippen LogP contribution in [0.2, 0.25) is 0 Å². The third-order valence-electron chi connectivity index (χ3n) is 6.58. The van der Waals surface area contributed by atoms with E-state index in [-0.39, 0.29) is 17.7 Å². The van der Waals surface area contributed by atoms with Gasteiger partial charge in [0, 0.05) is 75.2 Å². The molecule has 8 nitrogen and oxygen atoms in total. The van der Waals surface area contributed by atoms with Gasteiger partial charge in [-0.3, -0.25) is 14.2 Å². The van der Waals surface area contributed by atoms with Gasteiger partial charge in [0.05, 0.1) is 18.0 Å². The maximum absolute atomic E-state index is 13.5. The summed E-state index contributed by atoms with van der Waals surface area (Å²) in [6.07, 6.45) is 7.26. The zero-order valence-electron chi connectivity index (χ0n) is 21.3. The molecule has 0 fully saturated rings. The van der Waals surface area contributed by atoms with Crippen LogP contribution in [0.25, 0.3) is 27.6 Å². The number of hydrogen-bond acceptors (Lipinski definition) is 5. The van der Waals surface area contributed by atoms with Crippen LogP contribution in [0, 0.1) is 0 Å². The van der Waals surface area contributed by atoms with Crippen molar-refractivity contribution in [3.05, 3.63) is 106 Å². The second kappa shape index (κ2) is 9.48. The number of aliphatic hydroxyl groups is 1. The molecule has 0 unspecified atom stereocenters. The highest BCUT2D eigenvalue weighted by molar-refractivity contribution is 5.85. The van der Waals surface area contributed by atoms with Gasteiger partial charge in [0.25, 0.3) is 11.1 Å². The van der Waals surface area contributed by atoms with Gasteiger partial charge in [-0.25, -0.2) is 0 Å². The summed E-state index contributed by atoms with van der Waals surface area (Å²) in [6.45, 7) is -0.278. The first kappa shape index (κ1) is 24.1. The smallest absolute Gasteiger partial charge is 0.274 e. The lowest BCUT2D eigenvalue weighted by atomic mass is 9.99. The van der Waals surface area contributed by atoms with Crippen LogP contribution < -0.4 is 21.3 Å². The van der Waals surface area contributed by atoms with Crippen LogP contribution in [0.5, 0.6) is 0 Å². The average Bonchev–Trinajstić information content (AvgIpc) is 3.30. The van der Waals surface area contributed by atoms with Gasteiger partial charge in [-0.1, -0.05) is 12.1 Å². The molecule has 0 bridgehead atoms. The van der Waals surface area contributed by atoms with E-state index in [1.807, 2.05) is 91.5 Å². The van der Waals surface area contributed by atoms with E-state index >= 15 is 0 Å². The van der Waals surface area contributed by atoms with Crippen molar-refractivity contribution in [2.24, 2.45) is 14.1 Å². The fourth-order valence-electron chi connectivity index (χ4n) is 4.62. The SMILES string of the molecule is CN(C)c1ccc2c(=O)n(-c3cccc(-c4cc(Nc5ccn(C)c5)c(=O)n(C)c4)c3CO)ccc2c1. The van der Waals surface area contributed by atoms with Crippen molar-refractivity contribution in [2.45, 2.75) is 6.61 Å². The molecule has 0 spiro atoms. The Balaban J connectivity index is 1.64. The Labute approximate surface area is 214 Å². The Morgan fingerprint density at radius 1 is 0.919 bits per heavy atom. The lowest BCUT2D eigenvalue weighted by molar-refractivity contribution is 0.282. The van der Waals surface area contributed by atoms with Crippen molar-refractivity contribution in [3.63, 3.8) is 0 Å². The molecule has 0 aliphatic rings. The standard InChI is InChI=1S/C29H29N5O3/c1-31(2)22-8-9-24-19(14-22)10-13-34(28(24)36)27-7-5-6-23(25(27)18-35)20-15-26(29(37)33(4)16-20)30-21-11-12-32(3)17-21/h5-17,30,35H,18H2,1-4H3. The van der Waals surface area contributed by atoms with E-state index in [2.05, 4.69) is 5.32 Å². The van der Waals surface area contributed by atoms with E-state index in [9.17, 15) is 14.7 Å². The van der Waals surface area contributed by atoms with Crippen LogP contribution in [0.4, 0.5) is 17.1 Å². The number of benzene rings is 2. The molecule has 0 radical (unpaired) electrons. The van der Waals surface area contributed by atoms with Gasteiger partial charge >= 0.3 is 0 Å². The van der Waals surface area contributed by atoms with E-state index in [1.165, 1.54) is 4.57 Å². The zero-order valence-corrected chi connectivity index (χ0v) is 21.3. The largest absolute Gasteiger partial charge is 0.392 e. The number of pyridine rings is 2. The molecule has 2 N–H and O–H groups in total. The van der Waals surface area contributed by atoms with Crippen LogP contribution in [0.1, 0.15) is 5.56 Å². The van der Waals surface area contributed by atoms with E-state index in [4.69, 9.17) is 0 Å². The van der Waals surface area contributed by atoms with Gasteiger partial charge < -0.3 is 24.5 Å². The first-order chi connectivity index (χ1) is 17.8. The molecule has 0 aliphatic heterocycles. The molecular weight excluding hydrogens is 466 g/mol. The van der Waals surface area contributed by atoms with Crippen LogP contribution >= 0.6 is 0 Å². The van der Waals surface area contributed by atoms with Gasteiger partial charge in [0.15, 0.2) is 0 Å².